The number of nitrogens with zero attached hydrogens (tertiary/aromatic N) is 2. The Labute approximate surface area is 146 Å². The minimum atomic E-state index is -0.899. The maximum absolute atomic E-state index is 13.6. The van der Waals surface area contributed by atoms with Crippen molar-refractivity contribution < 1.29 is 23.5 Å². The maximum atomic E-state index is 13.6. The van der Waals surface area contributed by atoms with Crippen LogP contribution in [0.2, 0.25) is 0 Å². The molecule has 1 saturated heterocycles. The van der Waals surface area contributed by atoms with Crippen molar-refractivity contribution in [2.75, 3.05) is 26.2 Å². The van der Waals surface area contributed by atoms with E-state index in [0.29, 0.717) is 19.6 Å². The number of carbonyl (C=O) groups excluding carboxylic acids is 1. The summed E-state index contributed by atoms with van der Waals surface area (Å²) >= 11 is 0. The fourth-order valence-corrected chi connectivity index (χ4v) is 3.29. The first-order valence-electron chi connectivity index (χ1n) is 8.58. The number of likely N-dealkylation sites (N-methyl/N-ethyl adjacent to an activating group) is 1. The van der Waals surface area contributed by atoms with Crippen LogP contribution in [-0.4, -0.2) is 59.0 Å². The van der Waals surface area contributed by atoms with Crippen LogP contribution < -0.4 is 0 Å². The monoisotopic (exact) mass is 354 g/mol. The van der Waals surface area contributed by atoms with E-state index in [0.717, 1.165) is 18.9 Å². The van der Waals surface area contributed by atoms with Gasteiger partial charge in [0.25, 0.3) is 0 Å². The van der Waals surface area contributed by atoms with Crippen molar-refractivity contribution in [1.82, 2.24) is 9.80 Å². The van der Waals surface area contributed by atoms with Gasteiger partial charge in [0.2, 0.25) is 5.91 Å². The molecule has 1 aromatic carbocycles. The SMILES string of the molecule is CCN(CC(=O)O)C1CCN(C(=O)CCc2cccc(F)c2F)CC1. The Hall–Kier alpha value is -2.02. The molecule has 1 fully saturated rings. The summed E-state index contributed by atoms with van der Waals surface area (Å²) in [5.41, 5.74) is 0.210. The van der Waals surface area contributed by atoms with Gasteiger partial charge in [0.05, 0.1) is 6.54 Å². The lowest BCUT2D eigenvalue weighted by Crippen LogP contribution is -2.48. The molecule has 0 radical (unpaired) electrons. The summed E-state index contributed by atoms with van der Waals surface area (Å²) in [6.07, 6.45) is 1.75. The van der Waals surface area contributed by atoms with Crippen molar-refractivity contribution in [2.24, 2.45) is 0 Å². The second-order valence-electron chi connectivity index (χ2n) is 6.28. The van der Waals surface area contributed by atoms with Gasteiger partial charge in [-0.05, 0) is 37.4 Å². The summed E-state index contributed by atoms with van der Waals surface area (Å²) in [6, 6.07) is 4.14. The van der Waals surface area contributed by atoms with Crippen LogP contribution in [0.25, 0.3) is 0 Å². The number of piperidine rings is 1. The van der Waals surface area contributed by atoms with Crippen LogP contribution in [-0.2, 0) is 16.0 Å². The molecule has 0 aliphatic carbocycles. The molecule has 25 heavy (non-hydrogen) atoms. The average Bonchev–Trinajstić information content (AvgIpc) is 2.60. The van der Waals surface area contributed by atoms with Crippen molar-refractivity contribution in [3.63, 3.8) is 0 Å². The van der Waals surface area contributed by atoms with Crippen molar-refractivity contribution in [3.8, 4) is 0 Å². The van der Waals surface area contributed by atoms with Gasteiger partial charge in [-0.2, -0.15) is 0 Å². The highest BCUT2D eigenvalue weighted by atomic mass is 19.2. The normalized spacial score (nSPS) is 15.6. The summed E-state index contributed by atoms with van der Waals surface area (Å²) in [7, 11) is 0. The number of hydrogen-bond acceptors (Lipinski definition) is 3. The third-order valence-corrected chi connectivity index (χ3v) is 4.72. The van der Waals surface area contributed by atoms with E-state index in [9.17, 15) is 18.4 Å². The topological polar surface area (TPSA) is 60.9 Å². The lowest BCUT2D eigenvalue weighted by atomic mass is 10.0. The molecule has 0 atom stereocenters. The molecule has 1 aliphatic heterocycles. The van der Waals surface area contributed by atoms with E-state index < -0.39 is 17.6 Å². The van der Waals surface area contributed by atoms with E-state index in [2.05, 4.69) is 0 Å². The van der Waals surface area contributed by atoms with Crippen LogP contribution in [0.15, 0.2) is 18.2 Å². The highest BCUT2D eigenvalue weighted by molar-refractivity contribution is 5.76. The number of carbonyl (C=O) groups is 2. The first kappa shape index (κ1) is 19.3. The predicted octanol–water partition coefficient (Wildman–Crippen LogP) is 2.29. The smallest absolute Gasteiger partial charge is 0.317 e. The number of rotatable bonds is 7. The first-order chi connectivity index (χ1) is 11.9. The van der Waals surface area contributed by atoms with Gasteiger partial charge in [0, 0.05) is 25.6 Å². The summed E-state index contributed by atoms with van der Waals surface area (Å²) in [4.78, 5) is 26.8. The Morgan fingerprint density at radius 3 is 2.56 bits per heavy atom. The Bertz CT molecular complexity index is 616. The molecule has 1 aliphatic rings. The average molecular weight is 354 g/mol. The summed E-state index contributed by atoms with van der Waals surface area (Å²) < 4.78 is 26.8. The Morgan fingerprint density at radius 1 is 1.28 bits per heavy atom. The van der Waals surface area contributed by atoms with E-state index in [1.807, 2.05) is 11.8 Å². The Kier molecular flexibility index (Phi) is 6.87. The Balaban J connectivity index is 1.83. The van der Waals surface area contributed by atoms with Gasteiger partial charge in [-0.3, -0.25) is 14.5 Å². The molecule has 0 spiro atoms. The summed E-state index contributed by atoms with van der Waals surface area (Å²) in [6.45, 7) is 3.71. The standard InChI is InChI=1S/C18H24F2N2O3/c1-2-21(12-17(24)25)14-8-10-22(11-9-14)16(23)7-6-13-4-3-5-15(19)18(13)20/h3-5,14H,2,6-12H2,1H3,(H,24,25). The fourth-order valence-electron chi connectivity index (χ4n) is 3.29. The zero-order chi connectivity index (χ0) is 18.4. The van der Waals surface area contributed by atoms with E-state index in [4.69, 9.17) is 5.11 Å². The minimum absolute atomic E-state index is 0.00790. The van der Waals surface area contributed by atoms with E-state index in [1.165, 1.54) is 12.1 Å². The second kappa shape index (κ2) is 8.89. The van der Waals surface area contributed by atoms with Crippen LogP contribution in [0.3, 0.4) is 0 Å². The molecular weight excluding hydrogens is 330 g/mol. The van der Waals surface area contributed by atoms with Crippen LogP contribution in [0, 0.1) is 11.6 Å². The zero-order valence-corrected chi connectivity index (χ0v) is 14.4. The summed E-state index contributed by atoms with van der Waals surface area (Å²) in [5.74, 6) is -2.72. The molecule has 1 N–H and O–H groups in total. The van der Waals surface area contributed by atoms with E-state index >= 15 is 0 Å². The molecule has 2 rings (SSSR count). The second-order valence-corrected chi connectivity index (χ2v) is 6.28. The van der Waals surface area contributed by atoms with Gasteiger partial charge in [0.1, 0.15) is 0 Å². The van der Waals surface area contributed by atoms with Crippen molar-refractivity contribution in [3.05, 3.63) is 35.4 Å². The minimum Gasteiger partial charge on any atom is -0.480 e. The highest BCUT2D eigenvalue weighted by Gasteiger charge is 2.27. The third kappa shape index (κ3) is 5.22. The van der Waals surface area contributed by atoms with Gasteiger partial charge in [0.15, 0.2) is 11.6 Å². The number of amides is 1. The molecular formula is C18H24F2N2O3. The first-order valence-corrected chi connectivity index (χ1v) is 8.58. The molecule has 1 heterocycles. The molecule has 1 amide bonds. The van der Waals surface area contributed by atoms with Crippen LogP contribution in [0.4, 0.5) is 8.78 Å². The van der Waals surface area contributed by atoms with Crippen molar-refractivity contribution >= 4 is 11.9 Å². The molecule has 0 aromatic heterocycles. The van der Waals surface area contributed by atoms with Crippen LogP contribution in [0.1, 0.15) is 31.7 Å². The quantitative estimate of drug-likeness (QED) is 0.816. The Morgan fingerprint density at radius 2 is 1.96 bits per heavy atom. The van der Waals surface area contributed by atoms with Crippen LogP contribution in [0.5, 0.6) is 0 Å². The van der Waals surface area contributed by atoms with Crippen molar-refractivity contribution in [1.29, 1.82) is 0 Å². The molecule has 138 valence electrons. The number of halogens is 2. The molecule has 1 aromatic rings. The molecule has 0 saturated carbocycles. The number of likely N-dealkylation sites (tertiary alicyclic amines) is 1. The lowest BCUT2D eigenvalue weighted by Gasteiger charge is -2.37. The number of hydrogen-bond donors (Lipinski definition) is 1. The number of aryl methyl sites for hydroxylation is 1. The lowest BCUT2D eigenvalue weighted by molar-refractivity contribution is -0.140. The highest BCUT2D eigenvalue weighted by Crippen LogP contribution is 2.18. The molecule has 0 bridgehead atoms. The number of benzene rings is 1. The van der Waals surface area contributed by atoms with E-state index in [-0.39, 0.29) is 36.9 Å². The van der Waals surface area contributed by atoms with Gasteiger partial charge < -0.3 is 10.0 Å². The van der Waals surface area contributed by atoms with Gasteiger partial charge >= 0.3 is 5.97 Å². The van der Waals surface area contributed by atoms with Gasteiger partial charge in [-0.15, -0.1) is 0 Å². The third-order valence-electron chi connectivity index (χ3n) is 4.72. The van der Waals surface area contributed by atoms with Gasteiger partial charge in [-0.1, -0.05) is 19.1 Å². The predicted molar refractivity (Wildman–Crippen MR) is 89.2 cm³/mol. The molecule has 5 nitrogen and oxygen atoms in total. The molecule has 0 unspecified atom stereocenters. The van der Waals surface area contributed by atoms with Crippen molar-refractivity contribution in [2.45, 2.75) is 38.6 Å². The van der Waals surface area contributed by atoms with Gasteiger partial charge in [-0.25, -0.2) is 8.78 Å². The fraction of sp³-hybridized carbons (Fsp3) is 0.556. The number of carboxylic acid groups (broad SMARTS) is 1. The zero-order valence-electron chi connectivity index (χ0n) is 14.4. The largest absolute Gasteiger partial charge is 0.480 e. The van der Waals surface area contributed by atoms with Crippen LogP contribution >= 0.6 is 0 Å². The molecule has 7 heteroatoms. The number of aliphatic carboxylic acids is 1. The van der Waals surface area contributed by atoms with E-state index in [1.54, 1.807) is 4.90 Å². The maximum Gasteiger partial charge on any atom is 0.317 e. The number of carboxylic acids is 1. The summed E-state index contributed by atoms with van der Waals surface area (Å²) in [5, 5.41) is 8.94.